The molecule has 1 amide bonds. The molecular weight excluding hydrogens is 262 g/mol. The fourth-order valence-corrected chi connectivity index (χ4v) is 1.33. The SMILES string of the molecule is CC(Br)C(=O)c1ccccc1OC(N)=O. The van der Waals surface area contributed by atoms with Gasteiger partial charge in [-0.3, -0.25) is 4.79 Å². The molecule has 15 heavy (non-hydrogen) atoms. The number of hydrogen-bond donors (Lipinski definition) is 1. The lowest BCUT2D eigenvalue weighted by Gasteiger charge is -2.08. The first kappa shape index (κ1) is 11.7. The number of carbonyl (C=O) groups is 2. The fraction of sp³-hybridized carbons (Fsp3) is 0.200. The number of nitrogens with two attached hydrogens (primary N) is 1. The van der Waals surface area contributed by atoms with Gasteiger partial charge in [0.25, 0.3) is 0 Å². The van der Waals surface area contributed by atoms with Gasteiger partial charge in [-0.05, 0) is 19.1 Å². The summed E-state index contributed by atoms with van der Waals surface area (Å²) in [6, 6.07) is 6.45. The number of hydrogen-bond acceptors (Lipinski definition) is 3. The smallest absolute Gasteiger partial charge is 0.409 e. The summed E-state index contributed by atoms with van der Waals surface area (Å²) in [6.07, 6.45) is -0.933. The van der Waals surface area contributed by atoms with Crippen LogP contribution in [0.1, 0.15) is 17.3 Å². The molecular formula is C10H10BrNO3. The van der Waals surface area contributed by atoms with E-state index in [4.69, 9.17) is 10.5 Å². The Morgan fingerprint density at radius 2 is 2.00 bits per heavy atom. The number of alkyl halides is 1. The van der Waals surface area contributed by atoms with Crippen LogP contribution in [0.15, 0.2) is 24.3 Å². The molecule has 0 aromatic heterocycles. The van der Waals surface area contributed by atoms with Gasteiger partial charge in [-0.15, -0.1) is 0 Å². The molecule has 0 saturated carbocycles. The lowest BCUT2D eigenvalue weighted by molar-refractivity contribution is 0.0993. The van der Waals surface area contributed by atoms with Gasteiger partial charge in [0, 0.05) is 0 Å². The molecule has 0 fully saturated rings. The second kappa shape index (κ2) is 4.93. The molecule has 0 bridgehead atoms. The highest BCUT2D eigenvalue weighted by Crippen LogP contribution is 2.21. The zero-order valence-corrected chi connectivity index (χ0v) is 9.65. The summed E-state index contributed by atoms with van der Waals surface area (Å²) in [5, 5.41) is 0. The molecule has 1 atom stereocenters. The molecule has 1 unspecified atom stereocenters. The Hall–Kier alpha value is -1.36. The highest BCUT2D eigenvalue weighted by Gasteiger charge is 2.17. The van der Waals surface area contributed by atoms with Crippen molar-refractivity contribution in [2.24, 2.45) is 5.73 Å². The molecule has 0 spiro atoms. The third kappa shape index (κ3) is 3.06. The van der Waals surface area contributed by atoms with Crippen LogP contribution in [-0.4, -0.2) is 16.7 Å². The van der Waals surface area contributed by atoms with Crippen LogP contribution in [0, 0.1) is 0 Å². The van der Waals surface area contributed by atoms with E-state index in [-0.39, 0.29) is 16.4 Å². The van der Waals surface area contributed by atoms with Crippen molar-refractivity contribution in [2.45, 2.75) is 11.8 Å². The molecule has 0 saturated heterocycles. The second-order valence-electron chi connectivity index (χ2n) is 2.90. The number of primary amides is 1. The maximum Gasteiger partial charge on any atom is 0.409 e. The summed E-state index contributed by atoms with van der Waals surface area (Å²) in [5.41, 5.74) is 5.22. The van der Waals surface area contributed by atoms with Gasteiger partial charge in [0.1, 0.15) is 5.75 Å². The van der Waals surface area contributed by atoms with Crippen LogP contribution in [-0.2, 0) is 0 Å². The number of ether oxygens (including phenoxy) is 1. The Bertz CT molecular complexity index is 390. The zero-order chi connectivity index (χ0) is 11.4. The van der Waals surface area contributed by atoms with Crippen molar-refractivity contribution in [1.82, 2.24) is 0 Å². The van der Waals surface area contributed by atoms with Crippen molar-refractivity contribution in [1.29, 1.82) is 0 Å². The van der Waals surface area contributed by atoms with Gasteiger partial charge >= 0.3 is 6.09 Å². The Kier molecular flexibility index (Phi) is 3.85. The van der Waals surface area contributed by atoms with Gasteiger partial charge in [0.2, 0.25) is 0 Å². The second-order valence-corrected chi connectivity index (χ2v) is 4.27. The van der Waals surface area contributed by atoms with E-state index < -0.39 is 6.09 Å². The standard InChI is InChI=1S/C10H10BrNO3/c1-6(11)9(13)7-4-2-3-5-8(7)15-10(12)14/h2-6H,1H3,(H2,12,14). The molecule has 1 rings (SSSR count). The molecule has 0 heterocycles. The van der Waals surface area contributed by atoms with E-state index in [2.05, 4.69) is 15.9 Å². The van der Waals surface area contributed by atoms with Crippen molar-refractivity contribution in [2.75, 3.05) is 0 Å². The van der Waals surface area contributed by atoms with Crippen LogP contribution in [0.2, 0.25) is 0 Å². The van der Waals surface area contributed by atoms with Crippen molar-refractivity contribution in [3.63, 3.8) is 0 Å². The van der Waals surface area contributed by atoms with Gasteiger partial charge in [-0.25, -0.2) is 4.79 Å². The quantitative estimate of drug-likeness (QED) is 0.676. The Morgan fingerprint density at radius 1 is 1.40 bits per heavy atom. The third-order valence-electron chi connectivity index (χ3n) is 1.72. The van der Waals surface area contributed by atoms with Gasteiger partial charge < -0.3 is 10.5 Å². The largest absolute Gasteiger partial charge is 0.410 e. The van der Waals surface area contributed by atoms with Crippen LogP contribution >= 0.6 is 15.9 Å². The molecule has 5 heteroatoms. The molecule has 1 aromatic rings. The summed E-state index contributed by atoms with van der Waals surface area (Å²) in [4.78, 5) is 21.9. The van der Waals surface area contributed by atoms with E-state index in [0.29, 0.717) is 5.56 Å². The predicted molar refractivity (Wildman–Crippen MR) is 59.4 cm³/mol. The number of para-hydroxylation sites is 1. The number of benzene rings is 1. The minimum atomic E-state index is -0.933. The average molecular weight is 272 g/mol. The highest BCUT2D eigenvalue weighted by atomic mass is 79.9. The fourth-order valence-electron chi connectivity index (χ4n) is 1.08. The molecule has 0 aliphatic heterocycles. The normalized spacial score (nSPS) is 11.9. The summed E-state index contributed by atoms with van der Waals surface area (Å²) >= 11 is 3.16. The molecule has 1 aromatic carbocycles. The van der Waals surface area contributed by atoms with E-state index >= 15 is 0 Å². The Balaban J connectivity index is 3.06. The highest BCUT2D eigenvalue weighted by molar-refractivity contribution is 9.10. The van der Waals surface area contributed by atoms with E-state index in [1.807, 2.05) is 0 Å². The number of amides is 1. The van der Waals surface area contributed by atoms with Crippen LogP contribution in [0.5, 0.6) is 5.75 Å². The van der Waals surface area contributed by atoms with Gasteiger partial charge in [0.15, 0.2) is 5.78 Å². The number of halogens is 1. The van der Waals surface area contributed by atoms with Crippen molar-refractivity contribution in [3.8, 4) is 5.75 Å². The van der Waals surface area contributed by atoms with E-state index in [1.54, 1.807) is 25.1 Å². The van der Waals surface area contributed by atoms with Crippen molar-refractivity contribution in [3.05, 3.63) is 29.8 Å². The number of ketones is 1. The van der Waals surface area contributed by atoms with Gasteiger partial charge in [-0.2, -0.15) is 0 Å². The van der Waals surface area contributed by atoms with Crippen LogP contribution in [0.25, 0.3) is 0 Å². The number of carbonyl (C=O) groups excluding carboxylic acids is 2. The molecule has 2 N–H and O–H groups in total. The van der Waals surface area contributed by atoms with Crippen LogP contribution in [0.3, 0.4) is 0 Å². The van der Waals surface area contributed by atoms with Gasteiger partial charge in [-0.1, -0.05) is 28.1 Å². The number of rotatable bonds is 3. The van der Waals surface area contributed by atoms with Crippen molar-refractivity contribution >= 4 is 27.8 Å². The Labute approximate surface area is 95.5 Å². The van der Waals surface area contributed by atoms with Gasteiger partial charge in [0.05, 0.1) is 10.4 Å². The van der Waals surface area contributed by atoms with E-state index in [9.17, 15) is 9.59 Å². The van der Waals surface area contributed by atoms with Crippen LogP contribution < -0.4 is 10.5 Å². The number of Topliss-reactive ketones (excluding diaryl/α,β-unsaturated/α-hetero) is 1. The van der Waals surface area contributed by atoms with E-state index in [1.165, 1.54) is 6.07 Å². The minimum Gasteiger partial charge on any atom is -0.410 e. The lowest BCUT2D eigenvalue weighted by Crippen LogP contribution is -2.19. The summed E-state index contributed by atoms with van der Waals surface area (Å²) in [6.45, 7) is 1.70. The van der Waals surface area contributed by atoms with Crippen LogP contribution in [0.4, 0.5) is 4.79 Å². The molecule has 80 valence electrons. The minimum absolute atomic E-state index is 0.160. The summed E-state index contributed by atoms with van der Waals surface area (Å²) < 4.78 is 4.71. The first-order valence-electron chi connectivity index (χ1n) is 4.27. The third-order valence-corrected chi connectivity index (χ3v) is 2.14. The summed E-state index contributed by atoms with van der Waals surface area (Å²) in [7, 11) is 0. The zero-order valence-electron chi connectivity index (χ0n) is 8.07. The lowest BCUT2D eigenvalue weighted by atomic mass is 10.1. The topological polar surface area (TPSA) is 69.4 Å². The predicted octanol–water partition coefficient (Wildman–Crippen LogP) is 2.11. The molecule has 0 aliphatic rings. The maximum absolute atomic E-state index is 11.7. The first-order valence-corrected chi connectivity index (χ1v) is 5.18. The molecule has 0 aliphatic carbocycles. The maximum atomic E-state index is 11.7. The van der Waals surface area contributed by atoms with Crippen molar-refractivity contribution < 1.29 is 14.3 Å². The average Bonchev–Trinajstić information content (AvgIpc) is 2.16. The molecule has 4 nitrogen and oxygen atoms in total. The monoisotopic (exact) mass is 271 g/mol. The summed E-state index contributed by atoms with van der Waals surface area (Å²) in [5.74, 6) is 0.0214. The Morgan fingerprint density at radius 3 is 2.53 bits per heavy atom. The molecule has 0 radical (unpaired) electrons. The first-order chi connectivity index (χ1) is 7.02. The van der Waals surface area contributed by atoms with E-state index in [0.717, 1.165) is 0 Å².